The number of carbonyl (C=O) groups excluding carboxylic acids is 2. The standard InChI is InChI=1S/C31H41N3O4/c1-17-23-14-24(26(17)18(2)35)28-27(23)30(36)34(31(28)37)16-21-7-5-6-20(21)15-33-12-10-19(11-13-33)29-22-8-3-4-9-25(22)38-32-29/h3-4,8-9,17-21,23-24,26-28,35H,5-7,10-16H2,1-2H3/t17?,18?,20-,21-,23?,24?,26?,27?,28?/m1/s1. The Labute approximate surface area is 224 Å². The first-order chi connectivity index (χ1) is 18.4. The van der Waals surface area contributed by atoms with Crippen molar-refractivity contribution in [2.75, 3.05) is 26.2 Å². The van der Waals surface area contributed by atoms with Gasteiger partial charge in [-0.2, -0.15) is 0 Å². The van der Waals surface area contributed by atoms with Gasteiger partial charge in [-0.15, -0.1) is 0 Å². The third-order valence-corrected chi connectivity index (χ3v) is 11.4. The SMILES string of the molecule is CC(O)C1C(C)C2CC1C1C(=O)N(C[C@H]3CCC[C@@H]3CN3CCC(c4noc5ccccc45)CC3)C(=O)C21. The van der Waals surface area contributed by atoms with Crippen molar-refractivity contribution in [2.45, 2.75) is 64.4 Å². The zero-order chi connectivity index (χ0) is 26.1. The number of imide groups is 1. The molecule has 7 heteroatoms. The van der Waals surface area contributed by atoms with Crippen molar-refractivity contribution in [1.29, 1.82) is 0 Å². The number of aliphatic hydroxyl groups is 1. The number of benzene rings is 1. The van der Waals surface area contributed by atoms with Crippen LogP contribution in [-0.2, 0) is 9.59 Å². The number of aliphatic hydroxyl groups excluding tert-OH is 1. The molecule has 7 rings (SSSR count). The van der Waals surface area contributed by atoms with E-state index in [9.17, 15) is 14.7 Å². The first-order valence-electron chi connectivity index (χ1n) is 15.0. The van der Waals surface area contributed by atoms with Crippen molar-refractivity contribution in [3.63, 3.8) is 0 Å². The predicted molar refractivity (Wildman–Crippen MR) is 143 cm³/mol. The minimum absolute atomic E-state index is 0.0661. The van der Waals surface area contributed by atoms with E-state index in [0.29, 0.717) is 30.2 Å². The number of amides is 2. The molecule has 5 fully saturated rings. The van der Waals surface area contributed by atoms with Crippen LogP contribution in [0.4, 0.5) is 0 Å². The predicted octanol–water partition coefficient (Wildman–Crippen LogP) is 4.31. The minimum atomic E-state index is -0.413. The highest BCUT2D eigenvalue weighted by atomic mass is 16.5. The van der Waals surface area contributed by atoms with Crippen LogP contribution >= 0.6 is 0 Å². The number of likely N-dealkylation sites (tertiary alicyclic amines) is 2. The van der Waals surface area contributed by atoms with E-state index in [1.807, 2.05) is 19.1 Å². The molecule has 204 valence electrons. The molecule has 2 aliphatic heterocycles. The number of para-hydroxylation sites is 1. The number of nitrogens with zero attached hydrogens (tertiary/aromatic N) is 3. The number of fused-ring (bicyclic) bond motifs is 6. The van der Waals surface area contributed by atoms with E-state index < -0.39 is 6.10 Å². The highest BCUT2D eigenvalue weighted by Gasteiger charge is 2.66. The van der Waals surface area contributed by atoms with Crippen LogP contribution in [0.3, 0.4) is 0 Å². The van der Waals surface area contributed by atoms with Gasteiger partial charge >= 0.3 is 0 Å². The van der Waals surface area contributed by atoms with E-state index in [1.165, 1.54) is 12.8 Å². The zero-order valence-electron chi connectivity index (χ0n) is 22.7. The first kappa shape index (κ1) is 24.8. The van der Waals surface area contributed by atoms with Crippen LogP contribution < -0.4 is 0 Å². The summed E-state index contributed by atoms with van der Waals surface area (Å²) in [5.74, 6) is 2.12. The lowest BCUT2D eigenvalue weighted by Gasteiger charge is -2.35. The molecule has 1 aromatic heterocycles. The van der Waals surface area contributed by atoms with Gasteiger partial charge in [0.2, 0.25) is 11.8 Å². The fourth-order valence-corrected chi connectivity index (χ4v) is 9.62. The molecule has 2 saturated heterocycles. The normalized spacial score (nSPS) is 38.6. The van der Waals surface area contributed by atoms with E-state index >= 15 is 0 Å². The van der Waals surface area contributed by atoms with Crippen LogP contribution in [-0.4, -0.2) is 64.2 Å². The molecular formula is C31H41N3O4. The van der Waals surface area contributed by atoms with Gasteiger partial charge in [-0.05, 0) is 99.8 Å². The smallest absolute Gasteiger partial charge is 0.233 e. The fraction of sp³-hybridized carbons (Fsp3) is 0.710. The summed E-state index contributed by atoms with van der Waals surface area (Å²) in [7, 11) is 0. The van der Waals surface area contributed by atoms with Crippen molar-refractivity contribution >= 4 is 22.8 Å². The monoisotopic (exact) mass is 519 g/mol. The van der Waals surface area contributed by atoms with Gasteiger partial charge in [-0.3, -0.25) is 14.5 Å². The molecule has 0 spiro atoms. The molecule has 7 nitrogen and oxygen atoms in total. The van der Waals surface area contributed by atoms with E-state index in [1.54, 1.807) is 4.90 Å². The summed E-state index contributed by atoms with van der Waals surface area (Å²) in [6.07, 6.45) is 6.18. The van der Waals surface area contributed by atoms with Crippen molar-refractivity contribution in [2.24, 2.45) is 47.3 Å². The van der Waals surface area contributed by atoms with E-state index in [4.69, 9.17) is 4.52 Å². The molecule has 2 amide bonds. The van der Waals surface area contributed by atoms with Gasteiger partial charge in [0.15, 0.2) is 5.58 Å². The summed E-state index contributed by atoms with van der Waals surface area (Å²) in [6.45, 7) is 7.82. The van der Waals surface area contributed by atoms with Crippen molar-refractivity contribution in [3.8, 4) is 0 Å². The quantitative estimate of drug-likeness (QED) is 0.573. The Balaban J connectivity index is 0.978. The largest absolute Gasteiger partial charge is 0.393 e. The lowest BCUT2D eigenvalue weighted by Crippen LogP contribution is -2.41. The van der Waals surface area contributed by atoms with Gasteiger partial charge in [-0.25, -0.2) is 0 Å². The van der Waals surface area contributed by atoms with Gasteiger partial charge < -0.3 is 14.5 Å². The van der Waals surface area contributed by atoms with Gasteiger partial charge in [0.1, 0.15) is 0 Å². The van der Waals surface area contributed by atoms with Crippen LogP contribution in [0.2, 0.25) is 0 Å². The Morgan fingerprint density at radius 3 is 2.42 bits per heavy atom. The van der Waals surface area contributed by atoms with Gasteiger partial charge in [0.25, 0.3) is 0 Å². The average molecular weight is 520 g/mol. The van der Waals surface area contributed by atoms with Crippen molar-refractivity contribution in [1.82, 2.24) is 15.0 Å². The van der Waals surface area contributed by atoms with E-state index in [0.717, 1.165) is 62.0 Å². The summed E-state index contributed by atoms with van der Waals surface area (Å²) >= 11 is 0. The molecule has 2 bridgehead atoms. The number of hydrogen-bond acceptors (Lipinski definition) is 6. The van der Waals surface area contributed by atoms with Crippen LogP contribution in [0.5, 0.6) is 0 Å². The topological polar surface area (TPSA) is 86.9 Å². The molecule has 7 unspecified atom stereocenters. The van der Waals surface area contributed by atoms with Crippen LogP contribution in [0.1, 0.15) is 64.0 Å². The molecular weight excluding hydrogens is 478 g/mol. The molecule has 3 aliphatic carbocycles. The van der Waals surface area contributed by atoms with Crippen LogP contribution in [0, 0.1) is 47.3 Å². The Kier molecular flexibility index (Phi) is 6.15. The highest BCUT2D eigenvalue weighted by molar-refractivity contribution is 6.06. The maximum Gasteiger partial charge on any atom is 0.233 e. The second-order valence-corrected chi connectivity index (χ2v) is 13.2. The number of carbonyl (C=O) groups is 2. The summed E-state index contributed by atoms with van der Waals surface area (Å²) < 4.78 is 5.56. The van der Waals surface area contributed by atoms with Crippen LogP contribution in [0.25, 0.3) is 11.0 Å². The molecule has 3 heterocycles. The molecule has 9 atom stereocenters. The number of piperidine rings is 1. The number of rotatable bonds is 6. The lowest BCUT2D eigenvalue weighted by molar-refractivity contribution is -0.141. The number of hydrogen-bond donors (Lipinski definition) is 1. The molecule has 2 aromatic rings. The van der Waals surface area contributed by atoms with Gasteiger partial charge in [0, 0.05) is 24.4 Å². The van der Waals surface area contributed by atoms with E-state index in [-0.39, 0.29) is 41.4 Å². The number of aromatic nitrogens is 1. The fourth-order valence-electron chi connectivity index (χ4n) is 9.62. The third kappa shape index (κ3) is 3.79. The molecule has 38 heavy (non-hydrogen) atoms. The molecule has 1 aromatic carbocycles. The lowest BCUT2D eigenvalue weighted by atomic mass is 9.68. The summed E-state index contributed by atoms with van der Waals surface area (Å²) in [6, 6.07) is 8.15. The Morgan fingerprint density at radius 2 is 1.68 bits per heavy atom. The van der Waals surface area contributed by atoms with E-state index in [2.05, 4.69) is 29.1 Å². The maximum absolute atomic E-state index is 13.6. The maximum atomic E-state index is 13.6. The second kappa shape index (κ2) is 9.44. The minimum Gasteiger partial charge on any atom is -0.393 e. The van der Waals surface area contributed by atoms with Gasteiger partial charge in [-0.1, -0.05) is 30.6 Å². The molecule has 5 aliphatic rings. The van der Waals surface area contributed by atoms with Crippen LogP contribution in [0.15, 0.2) is 28.8 Å². The summed E-state index contributed by atoms with van der Waals surface area (Å²) in [4.78, 5) is 31.4. The Morgan fingerprint density at radius 1 is 1.00 bits per heavy atom. The van der Waals surface area contributed by atoms with Crippen molar-refractivity contribution < 1.29 is 19.2 Å². The average Bonchev–Trinajstić information content (AvgIpc) is 3.71. The Hall–Kier alpha value is -2.25. The third-order valence-electron chi connectivity index (χ3n) is 11.4. The molecule has 1 N–H and O–H groups in total. The van der Waals surface area contributed by atoms with Crippen molar-refractivity contribution in [3.05, 3.63) is 30.0 Å². The summed E-state index contributed by atoms with van der Waals surface area (Å²) in [5.41, 5.74) is 1.98. The highest BCUT2D eigenvalue weighted by Crippen LogP contribution is 2.62. The summed E-state index contributed by atoms with van der Waals surface area (Å²) in [5, 5.41) is 16.0. The Bertz CT molecular complexity index is 1220. The zero-order valence-corrected chi connectivity index (χ0v) is 22.7. The molecule has 0 radical (unpaired) electrons. The second-order valence-electron chi connectivity index (χ2n) is 13.2. The van der Waals surface area contributed by atoms with Gasteiger partial charge in [0.05, 0.1) is 23.6 Å². The molecule has 3 saturated carbocycles. The first-order valence-corrected chi connectivity index (χ1v) is 15.0.